The minimum absolute atomic E-state index is 0. The maximum absolute atomic E-state index is 8.52. The van der Waals surface area contributed by atoms with Crippen LogP contribution in [0.1, 0.15) is 0 Å². The van der Waals surface area contributed by atoms with E-state index >= 15 is 0 Å². The second-order valence-electron chi connectivity index (χ2n) is 0.408. The van der Waals surface area contributed by atoms with Crippen LogP contribution in [0.5, 0.6) is 0 Å². The largest absolute Gasteiger partial charge is 2.00 e. The van der Waals surface area contributed by atoms with Gasteiger partial charge >= 0.3 is 49.0 Å². The van der Waals surface area contributed by atoms with Crippen molar-refractivity contribution in [3.63, 3.8) is 0 Å². The third-order valence-electron chi connectivity index (χ3n) is 0. The molecule has 0 aliphatic heterocycles. The molecular weight excluding hydrogens is 210 g/mol. The number of hydrogen-bond acceptors (Lipinski definition) is 5. The van der Waals surface area contributed by atoms with E-state index in [-0.39, 0.29) is 49.0 Å². The number of hydrogen-bond donors (Lipinski definition) is 0. The van der Waals surface area contributed by atoms with Gasteiger partial charge in [-0.05, 0) is 0 Å². The van der Waals surface area contributed by atoms with Crippen LogP contribution in [0.4, 0.5) is 0 Å². The maximum Gasteiger partial charge on any atom is 2.00 e. The maximum atomic E-state index is 8.52. The third-order valence-corrected chi connectivity index (χ3v) is 0. The Bertz CT molecular complexity index is 132. The first-order valence-corrected chi connectivity index (χ1v) is 2.22. The molecule has 0 aliphatic rings. The molecule has 0 fully saturated rings. The van der Waals surface area contributed by atoms with Crippen LogP contribution in [-0.2, 0) is 29.9 Å². The molecule has 42 valence electrons. The Morgan fingerprint density at radius 1 is 1.22 bits per heavy atom. The average Bonchev–Trinajstić information content (AvgIpc) is 1.36. The van der Waals surface area contributed by atoms with Crippen LogP contribution < -0.4 is 29.6 Å². The minimum Gasteiger partial charge on any atom is -0.759 e. The zero-order valence-corrected chi connectivity index (χ0v) is 10.5. The Morgan fingerprint density at radius 3 is 1.22 bits per heavy atom. The molecule has 0 unspecified atom stereocenters. The Hall–Kier alpha value is 0.983. The summed E-state index contributed by atoms with van der Waals surface area (Å²) >= 11 is 0. The van der Waals surface area contributed by atoms with Crippen molar-refractivity contribution in [1.29, 1.82) is 5.26 Å². The summed E-state index contributed by atoms with van der Waals surface area (Å²) in [5, 5.41) is 6.25. The van der Waals surface area contributed by atoms with Gasteiger partial charge in [0.2, 0.25) is 0 Å². The van der Waals surface area contributed by atoms with Crippen molar-refractivity contribution in [3.05, 3.63) is 6.57 Å². The van der Waals surface area contributed by atoms with E-state index in [4.69, 9.17) is 29.4 Å². The first-order valence-electron chi connectivity index (χ1n) is 0.890. The van der Waals surface area contributed by atoms with Gasteiger partial charge in [-0.2, -0.15) is 0 Å². The summed E-state index contributed by atoms with van der Waals surface area (Å²) in [6.07, 6.45) is 0. The molecule has 0 aromatic rings. The molecule has 8 heteroatoms. The van der Waals surface area contributed by atoms with Crippen LogP contribution in [0.3, 0.4) is 0 Å². The van der Waals surface area contributed by atoms with Crippen molar-refractivity contribution < 1.29 is 66.6 Å². The van der Waals surface area contributed by atoms with E-state index in [1.165, 1.54) is 0 Å². The molecule has 0 atom stereocenters. The normalized spacial score (nSPS) is 6.67. The molecular formula is CNNaO4SZn. The summed E-state index contributed by atoms with van der Waals surface area (Å²) in [7, 11) is -5.17. The Labute approximate surface area is 88.1 Å². The Morgan fingerprint density at radius 2 is 1.22 bits per heavy atom. The minimum atomic E-state index is -5.17. The van der Waals surface area contributed by atoms with Crippen molar-refractivity contribution in [2.24, 2.45) is 0 Å². The fourth-order valence-corrected chi connectivity index (χ4v) is 0. The molecule has 0 bridgehead atoms. The Kier molecular flexibility index (Phi) is 29.4. The van der Waals surface area contributed by atoms with Gasteiger partial charge in [-0.25, -0.2) is 0 Å². The van der Waals surface area contributed by atoms with Crippen molar-refractivity contribution in [2.75, 3.05) is 0 Å². The van der Waals surface area contributed by atoms with Crippen LogP contribution >= 0.6 is 0 Å². The quantitative estimate of drug-likeness (QED) is 0.174. The monoisotopic (exact) mass is 209 g/mol. The predicted octanol–water partition coefficient (Wildman–Crippen LogP) is -4.24. The fourth-order valence-electron chi connectivity index (χ4n) is 0. The van der Waals surface area contributed by atoms with Crippen molar-refractivity contribution in [1.82, 2.24) is 0 Å². The van der Waals surface area contributed by atoms with E-state index in [0.717, 1.165) is 0 Å². The van der Waals surface area contributed by atoms with Crippen molar-refractivity contribution in [2.45, 2.75) is 0 Å². The SMILES string of the molecule is O=S(=O)([O-])[O-].[C-]#N.[Na+].[Zn+2]. The van der Waals surface area contributed by atoms with Crippen molar-refractivity contribution in [3.8, 4) is 0 Å². The zero-order valence-electron chi connectivity index (χ0n) is 4.70. The molecule has 9 heavy (non-hydrogen) atoms. The van der Waals surface area contributed by atoms with E-state index in [2.05, 4.69) is 0 Å². The van der Waals surface area contributed by atoms with Crippen molar-refractivity contribution >= 4 is 10.4 Å². The molecule has 0 aromatic carbocycles. The molecule has 0 aliphatic carbocycles. The summed E-state index contributed by atoms with van der Waals surface area (Å²) in [5.74, 6) is 0. The summed E-state index contributed by atoms with van der Waals surface area (Å²) in [4.78, 5) is 0. The van der Waals surface area contributed by atoms with Crippen LogP contribution in [0, 0.1) is 11.8 Å². The number of nitrogens with zero attached hydrogens (tertiary/aromatic N) is 1. The zero-order chi connectivity index (χ0) is 6.50. The predicted molar refractivity (Wildman–Crippen MR) is 15.4 cm³/mol. The first kappa shape index (κ1) is 22.5. The van der Waals surface area contributed by atoms with Gasteiger partial charge in [-0.15, -0.1) is 0 Å². The van der Waals surface area contributed by atoms with Gasteiger partial charge in [0.1, 0.15) is 0 Å². The van der Waals surface area contributed by atoms with Gasteiger partial charge in [-0.1, -0.05) is 0 Å². The van der Waals surface area contributed by atoms with Crippen LogP contribution in [0.25, 0.3) is 0 Å². The van der Waals surface area contributed by atoms with Crippen LogP contribution in [0.15, 0.2) is 0 Å². The molecule has 0 spiro atoms. The standard InChI is InChI=1S/CN.Na.H2O4S.Zn/c1-2;;1-5(2,3)4;/h;;(H2,1,2,3,4);/q-1;+1;;+2/p-2. The van der Waals surface area contributed by atoms with Gasteiger partial charge in [0.05, 0.1) is 0 Å². The van der Waals surface area contributed by atoms with Gasteiger partial charge < -0.3 is 20.9 Å². The van der Waals surface area contributed by atoms with Gasteiger partial charge in [0.15, 0.2) is 0 Å². The molecule has 0 aromatic heterocycles. The van der Waals surface area contributed by atoms with Crippen LogP contribution in [0.2, 0.25) is 0 Å². The van der Waals surface area contributed by atoms with Gasteiger partial charge in [0.25, 0.3) is 0 Å². The fraction of sp³-hybridized carbons (Fsp3) is 0. The van der Waals surface area contributed by atoms with Gasteiger partial charge in [0, 0.05) is 10.4 Å². The van der Waals surface area contributed by atoms with E-state index in [1.807, 2.05) is 0 Å². The van der Waals surface area contributed by atoms with Gasteiger partial charge in [-0.3, -0.25) is 8.42 Å². The average molecular weight is 210 g/mol. The molecule has 5 nitrogen and oxygen atoms in total. The molecule has 0 rings (SSSR count). The van der Waals surface area contributed by atoms with E-state index < -0.39 is 10.4 Å². The van der Waals surface area contributed by atoms with E-state index in [9.17, 15) is 0 Å². The molecule has 0 N–H and O–H groups in total. The molecule has 0 heterocycles. The smallest absolute Gasteiger partial charge is 0.759 e. The molecule has 0 saturated carbocycles. The first-order chi connectivity index (χ1) is 3.00. The molecule has 0 amide bonds. The van der Waals surface area contributed by atoms with E-state index in [0.29, 0.717) is 0 Å². The topological polar surface area (TPSA) is 104 Å². The summed E-state index contributed by atoms with van der Waals surface area (Å²) < 4.78 is 34.1. The summed E-state index contributed by atoms with van der Waals surface area (Å²) in [6.45, 7) is 4.75. The number of rotatable bonds is 0. The van der Waals surface area contributed by atoms with Crippen LogP contribution in [-0.4, -0.2) is 17.5 Å². The second-order valence-corrected chi connectivity index (χ2v) is 1.22. The molecule has 0 radical (unpaired) electrons. The Balaban J connectivity index is -0.0000000286. The summed E-state index contributed by atoms with van der Waals surface area (Å²) in [5.41, 5.74) is 0. The third kappa shape index (κ3) is 453. The van der Waals surface area contributed by atoms with E-state index in [1.54, 1.807) is 0 Å². The second kappa shape index (κ2) is 11.7. The molecule has 0 saturated heterocycles. The summed E-state index contributed by atoms with van der Waals surface area (Å²) in [6, 6.07) is 0.